The molecule has 3 aliphatic rings. The number of carbonyl (C=O) groups is 3. The number of Topliss-reactive ketones (excluding diaryl/α,β-unsaturated/α-hetero) is 1. The first kappa shape index (κ1) is 18.2. The molecule has 0 aromatic rings. The third-order valence-corrected chi connectivity index (χ3v) is 6.97. The summed E-state index contributed by atoms with van der Waals surface area (Å²) < 4.78 is 10.2. The quantitative estimate of drug-likeness (QED) is 0.414. The van der Waals surface area contributed by atoms with E-state index in [-0.39, 0.29) is 54.4 Å². The predicted octanol–water partition coefficient (Wildman–Crippen LogP) is 2.93. The molecule has 5 heteroatoms. The summed E-state index contributed by atoms with van der Waals surface area (Å²) in [5.41, 5.74) is -1.11. The van der Waals surface area contributed by atoms with Gasteiger partial charge in [-0.1, -0.05) is 32.9 Å². The molecule has 0 aromatic heterocycles. The van der Waals surface area contributed by atoms with Crippen LogP contribution in [-0.4, -0.2) is 31.4 Å². The van der Waals surface area contributed by atoms with Gasteiger partial charge in [-0.3, -0.25) is 14.4 Å². The average Bonchev–Trinajstić information content (AvgIpc) is 3.13. The molecule has 5 nitrogen and oxygen atoms in total. The maximum absolute atomic E-state index is 13.7. The van der Waals surface area contributed by atoms with E-state index in [0.29, 0.717) is 12.3 Å². The van der Waals surface area contributed by atoms with Gasteiger partial charge < -0.3 is 9.47 Å². The molecule has 1 aliphatic heterocycles. The minimum absolute atomic E-state index is 0.0377. The molecule has 1 heterocycles. The zero-order valence-electron chi connectivity index (χ0n) is 15.5. The number of cyclic esters (lactones) is 1. The van der Waals surface area contributed by atoms with Crippen LogP contribution in [0.3, 0.4) is 0 Å². The SMILES string of the molecule is COC(=O)[C@@]12CCC(=O)OC/C=C\C[C@H](C1=O)[C@H]1[C@@H](C[C@H]2C)C1(C)C. The van der Waals surface area contributed by atoms with E-state index in [9.17, 15) is 14.4 Å². The molecule has 0 unspecified atom stereocenters. The minimum Gasteiger partial charge on any atom is -0.468 e. The second-order valence-corrected chi connectivity index (χ2v) is 8.41. The lowest BCUT2D eigenvalue weighted by atomic mass is 9.64. The number of esters is 2. The molecule has 25 heavy (non-hydrogen) atoms. The highest BCUT2D eigenvalue weighted by atomic mass is 16.5. The first-order valence-electron chi connectivity index (χ1n) is 9.20. The van der Waals surface area contributed by atoms with Crippen LogP contribution in [0.5, 0.6) is 0 Å². The molecule has 2 fully saturated rings. The number of ether oxygens (including phenoxy) is 2. The summed E-state index contributed by atoms with van der Waals surface area (Å²) in [6, 6.07) is 0. The van der Waals surface area contributed by atoms with E-state index in [4.69, 9.17) is 9.47 Å². The van der Waals surface area contributed by atoms with Gasteiger partial charge in [0.2, 0.25) is 0 Å². The summed E-state index contributed by atoms with van der Waals surface area (Å²) >= 11 is 0. The Hall–Kier alpha value is -1.65. The van der Waals surface area contributed by atoms with Crippen molar-refractivity contribution < 1.29 is 23.9 Å². The van der Waals surface area contributed by atoms with Crippen molar-refractivity contribution in [3.63, 3.8) is 0 Å². The second kappa shape index (κ2) is 6.26. The molecule has 0 amide bonds. The first-order valence-corrected chi connectivity index (χ1v) is 9.20. The van der Waals surface area contributed by atoms with E-state index in [0.717, 1.165) is 6.42 Å². The van der Waals surface area contributed by atoms with Crippen LogP contribution >= 0.6 is 0 Å². The first-order chi connectivity index (χ1) is 11.8. The lowest BCUT2D eigenvalue weighted by molar-refractivity contribution is -0.165. The Labute approximate surface area is 149 Å². The fraction of sp³-hybridized carbons (Fsp3) is 0.750. The number of hydrogen-bond acceptors (Lipinski definition) is 5. The van der Waals surface area contributed by atoms with Crippen LogP contribution in [-0.2, 0) is 23.9 Å². The lowest BCUT2D eigenvalue weighted by Gasteiger charge is -2.37. The maximum Gasteiger partial charge on any atom is 0.319 e. The van der Waals surface area contributed by atoms with Gasteiger partial charge in [0.15, 0.2) is 5.78 Å². The molecule has 5 atom stereocenters. The van der Waals surface area contributed by atoms with Crippen molar-refractivity contribution in [2.24, 2.45) is 34.5 Å². The van der Waals surface area contributed by atoms with Gasteiger partial charge in [-0.2, -0.15) is 0 Å². The van der Waals surface area contributed by atoms with Crippen molar-refractivity contribution in [1.82, 2.24) is 0 Å². The van der Waals surface area contributed by atoms with Gasteiger partial charge >= 0.3 is 11.9 Å². The molecule has 2 bridgehead atoms. The number of ketones is 1. The average molecular weight is 348 g/mol. The third kappa shape index (κ3) is 2.72. The zero-order valence-corrected chi connectivity index (χ0v) is 15.5. The Morgan fingerprint density at radius 1 is 1.28 bits per heavy atom. The van der Waals surface area contributed by atoms with Crippen molar-refractivity contribution in [3.8, 4) is 0 Å². The van der Waals surface area contributed by atoms with E-state index in [1.54, 1.807) is 6.08 Å². The highest BCUT2D eigenvalue weighted by molar-refractivity contribution is 6.06. The molecular formula is C20H28O5. The highest BCUT2D eigenvalue weighted by Crippen LogP contribution is 2.68. The standard InChI is InChI=1S/C20H28O5/c1-12-11-14-16(19(14,2)3)13-7-5-6-10-25-15(21)8-9-20(12,17(13)22)18(23)24-4/h5-6,12-14,16H,7-11H2,1-4H3/b6-5-/t12-,13+,14-,16+,20-/m1/s1. The molecule has 0 spiro atoms. The summed E-state index contributed by atoms with van der Waals surface area (Å²) in [5.74, 6) is -0.532. The van der Waals surface area contributed by atoms with Crippen LogP contribution in [0.4, 0.5) is 0 Å². The third-order valence-electron chi connectivity index (χ3n) is 6.97. The van der Waals surface area contributed by atoms with Crippen LogP contribution < -0.4 is 0 Å². The molecule has 0 aromatic carbocycles. The molecule has 2 aliphatic carbocycles. The summed E-state index contributed by atoms with van der Waals surface area (Å²) in [7, 11) is 1.32. The monoisotopic (exact) mass is 348 g/mol. The van der Waals surface area contributed by atoms with Crippen molar-refractivity contribution >= 4 is 17.7 Å². The van der Waals surface area contributed by atoms with E-state index >= 15 is 0 Å². The Kier molecular flexibility index (Phi) is 4.54. The number of hydrogen-bond donors (Lipinski definition) is 0. The van der Waals surface area contributed by atoms with Crippen LogP contribution in [0.15, 0.2) is 12.2 Å². The fourth-order valence-electron chi connectivity index (χ4n) is 5.39. The Bertz CT molecular complexity index is 620. The molecular weight excluding hydrogens is 320 g/mol. The van der Waals surface area contributed by atoms with Gasteiger partial charge in [0.05, 0.1) is 7.11 Å². The maximum atomic E-state index is 13.7. The molecule has 2 saturated carbocycles. The van der Waals surface area contributed by atoms with Gasteiger partial charge in [-0.05, 0) is 42.4 Å². The Morgan fingerprint density at radius 3 is 2.68 bits per heavy atom. The van der Waals surface area contributed by atoms with Gasteiger partial charge in [-0.15, -0.1) is 0 Å². The van der Waals surface area contributed by atoms with E-state index in [1.165, 1.54) is 7.11 Å². The summed E-state index contributed by atoms with van der Waals surface area (Å²) in [5, 5.41) is 0. The fourth-order valence-corrected chi connectivity index (χ4v) is 5.39. The number of methoxy groups -OCH3 is 1. The Balaban J connectivity index is 2.07. The van der Waals surface area contributed by atoms with Gasteiger partial charge in [0.1, 0.15) is 12.0 Å². The molecule has 0 radical (unpaired) electrons. The predicted molar refractivity (Wildman–Crippen MR) is 91.4 cm³/mol. The number of rotatable bonds is 1. The summed E-state index contributed by atoms with van der Waals surface area (Å²) in [4.78, 5) is 38.4. The largest absolute Gasteiger partial charge is 0.468 e. The van der Waals surface area contributed by atoms with Crippen molar-refractivity contribution in [3.05, 3.63) is 12.2 Å². The van der Waals surface area contributed by atoms with E-state index in [1.807, 2.05) is 13.0 Å². The second-order valence-electron chi connectivity index (χ2n) is 8.41. The zero-order chi connectivity index (χ0) is 18.4. The van der Waals surface area contributed by atoms with Crippen molar-refractivity contribution in [2.75, 3.05) is 13.7 Å². The van der Waals surface area contributed by atoms with Gasteiger partial charge in [-0.25, -0.2) is 0 Å². The van der Waals surface area contributed by atoms with Crippen molar-refractivity contribution in [2.45, 2.75) is 46.5 Å². The summed E-state index contributed by atoms with van der Waals surface area (Å²) in [6.07, 6.45) is 5.36. The van der Waals surface area contributed by atoms with Crippen LogP contribution in [0, 0.1) is 34.5 Å². The lowest BCUT2D eigenvalue weighted by Crippen LogP contribution is -2.48. The summed E-state index contributed by atoms with van der Waals surface area (Å²) in [6.45, 7) is 6.62. The molecule has 0 saturated heterocycles. The molecule has 138 valence electrons. The van der Waals surface area contributed by atoms with Crippen LogP contribution in [0.1, 0.15) is 46.5 Å². The molecule has 3 rings (SSSR count). The smallest absolute Gasteiger partial charge is 0.319 e. The van der Waals surface area contributed by atoms with Crippen molar-refractivity contribution in [1.29, 1.82) is 0 Å². The normalized spacial score (nSPS) is 41.4. The molecule has 0 N–H and O–H groups in total. The van der Waals surface area contributed by atoms with Gasteiger partial charge in [0.25, 0.3) is 0 Å². The Morgan fingerprint density at radius 2 is 2.00 bits per heavy atom. The number of allylic oxidation sites excluding steroid dienone is 1. The van der Waals surface area contributed by atoms with E-state index in [2.05, 4.69) is 13.8 Å². The highest BCUT2D eigenvalue weighted by Gasteiger charge is 2.68. The van der Waals surface area contributed by atoms with Gasteiger partial charge in [0, 0.05) is 12.3 Å². The topological polar surface area (TPSA) is 69.7 Å². The number of fused-ring (bicyclic) bond motifs is 4. The van der Waals surface area contributed by atoms with Crippen LogP contribution in [0.25, 0.3) is 0 Å². The number of carbonyl (C=O) groups excluding carboxylic acids is 3. The minimum atomic E-state index is -1.24. The van der Waals surface area contributed by atoms with Crippen LogP contribution in [0.2, 0.25) is 0 Å². The van der Waals surface area contributed by atoms with E-state index < -0.39 is 11.4 Å².